The zero-order valence-electron chi connectivity index (χ0n) is 11.2. The molecule has 0 bridgehead atoms. The molecule has 1 heterocycles. The van der Waals surface area contributed by atoms with Gasteiger partial charge in [-0.25, -0.2) is 9.67 Å². The molecule has 0 saturated carbocycles. The number of benzene rings is 1. The molecule has 0 radical (unpaired) electrons. The zero-order valence-corrected chi connectivity index (χ0v) is 11.2. The molecule has 20 heavy (non-hydrogen) atoms. The van der Waals surface area contributed by atoms with Gasteiger partial charge in [-0.1, -0.05) is 0 Å². The summed E-state index contributed by atoms with van der Waals surface area (Å²) >= 11 is 0. The molecule has 1 amide bonds. The number of hydrogen-bond acceptors (Lipinski definition) is 5. The average molecular weight is 275 g/mol. The van der Waals surface area contributed by atoms with Crippen molar-refractivity contribution in [2.24, 2.45) is 0 Å². The van der Waals surface area contributed by atoms with Gasteiger partial charge in [-0.2, -0.15) is 5.10 Å². The first-order chi connectivity index (χ1) is 9.79. The summed E-state index contributed by atoms with van der Waals surface area (Å²) in [5.74, 6) is -0.0883. The van der Waals surface area contributed by atoms with Gasteiger partial charge in [0, 0.05) is 19.3 Å². The first-order valence-electron chi connectivity index (χ1n) is 6.24. The van der Waals surface area contributed by atoms with Crippen molar-refractivity contribution in [3.05, 3.63) is 36.9 Å². The topological polar surface area (TPSA) is 81.1 Å². The molecule has 0 fully saturated rings. The quantitative estimate of drug-likeness (QED) is 0.717. The number of nitrogens with zero attached hydrogens (tertiary/aromatic N) is 3. The fraction of sp³-hybridized carbons (Fsp3) is 0.308. The molecule has 2 aromatic rings. The molecule has 0 aliphatic carbocycles. The van der Waals surface area contributed by atoms with E-state index < -0.39 is 0 Å². The van der Waals surface area contributed by atoms with Gasteiger partial charge in [0.2, 0.25) is 5.91 Å². The molecule has 0 unspecified atom stereocenters. The first-order valence-corrected chi connectivity index (χ1v) is 6.24. The molecule has 0 aliphatic rings. The molecule has 2 N–H and O–H groups in total. The van der Waals surface area contributed by atoms with Crippen molar-refractivity contribution in [2.45, 2.75) is 0 Å². The van der Waals surface area contributed by atoms with Gasteiger partial charge in [0.05, 0.1) is 18.8 Å². The Morgan fingerprint density at radius 1 is 1.35 bits per heavy atom. The molecule has 1 aromatic heterocycles. The third-order valence-corrected chi connectivity index (χ3v) is 2.60. The van der Waals surface area contributed by atoms with Gasteiger partial charge in [-0.3, -0.25) is 4.79 Å². The third kappa shape index (κ3) is 4.15. The number of carbonyl (C=O) groups excluding carboxylic acids is 1. The summed E-state index contributed by atoms with van der Waals surface area (Å²) in [6.45, 7) is 1.49. The summed E-state index contributed by atoms with van der Waals surface area (Å²) in [5.41, 5.74) is 1.63. The normalized spacial score (nSPS) is 10.4. The van der Waals surface area contributed by atoms with E-state index in [1.807, 2.05) is 24.3 Å². The van der Waals surface area contributed by atoms with Crippen molar-refractivity contribution >= 4 is 11.6 Å². The molecule has 0 spiro atoms. The van der Waals surface area contributed by atoms with E-state index in [1.54, 1.807) is 18.1 Å². The highest BCUT2D eigenvalue weighted by atomic mass is 16.5. The van der Waals surface area contributed by atoms with E-state index in [-0.39, 0.29) is 12.5 Å². The predicted molar refractivity (Wildman–Crippen MR) is 74.7 cm³/mol. The minimum Gasteiger partial charge on any atom is -0.383 e. The predicted octanol–water partition coefficient (Wildman–Crippen LogP) is 0.442. The molecule has 0 atom stereocenters. The Hall–Kier alpha value is -2.25. The number of amides is 1. The maximum Gasteiger partial charge on any atom is 0.238 e. The Morgan fingerprint density at radius 3 is 2.80 bits per heavy atom. The largest absolute Gasteiger partial charge is 0.383 e. The van der Waals surface area contributed by atoms with E-state index in [4.69, 9.17) is 4.74 Å². The molecular formula is C13H17N5O2. The second kappa shape index (κ2) is 7.37. The van der Waals surface area contributed by atoms with E-state index in [1.165, 1.54) is 6.33 Å². The number of rotatable bonds is 7. The highest BCUT2D eigenvalue weighted by Crippen LogP contribution is 2.11. The molecule has 7 heteroatoms. The van der Waals surface area contributed by atoms with Crippen molar-refractivity contribution in [3.63, 3.8) is 0 Å². The number of methoxy groups -OCH3 is 1. The van der Waals surface area contributed by atoms with Crippen LogP contribution in [-0.4, -0.2) is 47.5 Å². The van der Waals surface area contributed by atoms with Gasteiger partial charge in [0.25, 0.3) is 0 Å². The Morgan fingerprint density at radius 2 is 2.15 bits per heavy atom. The van der Waals surface area contributed by atoms with Crippen LogP contribution in [0.2, 0.25) is 0 Å². The lowest BCUT2D eigenvalue weighted by Gasteiger charge is -2.07. The van der Waals surface area contributed by atoms with Gasteiger partial charge in [-0.15, -0.1) is 0 Å². The number of nitrogens with one attached hydrogen (secondary N) is 2. The van der Waals surface area contributed by atoms with Crippen molar-refractivity contribution in [3.8, 4) is 5.69 Å². The maximum atomic E-state index is 11.6. The second-order valence-electron chi connectivity index (χ2n) is 4.10. The summed E-state index contributed by atoms with van der Waals surface area (Å²) in [4.78, 5) is 15.5. The molecule has 2 rings (SSSR count). The lowest BCUT2D eigenvalue weighted by atomic mass is 10.3. The van der Waals surface area contributed by atoms with Crippen molar-refractivity contribution in [1.29, 1.82) is 0 Å². The summed E-state index contributed by atoms with van der Waals surface area (Å²) in [7, 11) is 1.62. The minimum atomic E-state index is -0.0883. The van der Waals surface area contributed by atoms with E-state index in [9.17, 15) is 4.79 Å². The SMILES string of the molecule is COCCNCC(=O)Nc1ccc(-n2cncn2)cc1. The summed E-state index contributed by atoms with van der Waals surface area (Å²) in [6, 6.07) is 7.37. The molecule has 106 valence electrons. The number of hydrogen-bond donors (Lipinski definition) is 2. The van der Waals surface area contributed by atoms with Crippen LogP contribution < -0.4 is 10.6 Å². The lowest BCUT2D eigenvalue weighted by Crippen LogP contribution is -2.30. The Bertz CT molecular complexity index is 524. The van der Waals surface area contributed by atoms with Crippen molar-refractivity contribution in [2.75, 3.05) is 32.1 Å². The molecule has 0 saturated heterocycles. The van der Waals surface area contributed by atoms with Crippen LogP contribution in [0, 0.1) is 0 Å². The van der Waals surface area contributed by atoms with E-state index >= 15 is 0 Å². The fourth-order valence-corrected chi connectivity index (χ4v) is 1.62. The maximum absolute atomic E-state index is 11.6. The van der Waals surface area contributed by atoms with Gasteiger partial charge < -0.3 is 15.4 Å². The molecular weight excluding hydrogens is 258 g/mol. The molecule has 0 aliphatic heterocycles. The van der Waals surface area contributed by atoms with Crippen LogP contribution in [0.5, 0.6) is 0 Å². The Labute approximate surface area is 117 Å². The standard InChI is InChI=1S/C13H17N5O2/c1-20-7-6-14-8-13(19)17-11-2-4-12(5-3-11)18-10-15-9-16-18/h2-5,9-10,14H,6-8H2,1H3,(H,17,19). The molecule has 1 aromatic carbocycles. The van der Waals surface area contributed by atoms with E-state index in [0.29, 0.717) is 13.2 Å². The summed E-state index contributed by atoms with van der Waals surface area (Å²) in [6.07, 6.45) is 3.09. The minimum absolute atomic E-state index is 0.0883. The van der Waals surface area contributed by atoms with Crippen LogP contribution in [0.25, 0.3) is 5.69 Å². The van der Waals surface area contributed by atoms with Gasteiger partial charge in [0.1, 0.15) is 12.7 Å². The molecule has 7 nitrogen and oxygen atoms in total. The Kier molecular flexibility index (Phi) is 5.22. The van der Waals surface area contributed by atoms with Crippen LogP contribution >= 0.6 is 0 Å². The van der Waals surface area contributed by atoms with Crippen molar-refractivity contribution in [1.82, 2.24) is 20.1 Å². The van der Waals surface area contributed by atoms with Crippen LogP contribution in [0.4, 0.5) is 5.69 Å². The lowest BCUT2D eigenvalue weighted by molar-refractivity contribution is -0.115. The van der Waals surface area contributed by atoms with Gasteiger partial charge in [0.15, 0.2) is 0 Å². The van der Waals surface area contributed by atoms with Gasteiger partial charge in [-0.05, 0) is 24.3 Å². The number of anilines is 1. The van der Waals surface area contributed by atoms with Crippen LogP contribution in [0.3, 0.4) is 0 Å². The second-order valence-corrected chi connectivity index (χ2v) is 4.10. The number of aromatic nitrogens is 3. The number of carbonyl (C=O) groups is 1. The fourth-order valence-electron chi connectivity index (χ4n) is 1.62. The summed E-state index contributed by atoms with van der Waals surface area (Å²) in [5, 5.41) is 9.82. The average Bonchev–Trinajstić information content (AvgIpc) is 2.99. The van der Waals surface area contributed by atoms with E-state index in [2.05, 4.69) is 20.7 Å². The van der Waals surface area contributed by atoms with Gasteiger partial charge >= 0.3 is 0 Å². The van der Waals surface area contributed by atoms with Crippen LogP contribution in [0.15, 0.2) is 36.9 Å². The summed E-state index contributed by atoms with van der Waals surface area (Å²) < 4.78 is 6.53. The van der Waals surface area contributed by atoms with Crippen molar-refractivity contribution < 1.29 is 9.53 Å². The van der Waals surface area contributed by atoms with Crippen LogP contribution in [0.1, 0.15) is 0 Å². The monoisotopic (exact) mass is 275 g/mol. The van der Waals surface area contributed by atoms with Crippen LogP contribution in [-0.2, 0) is 9.53 Å². The third-order valence-electron chi connectivity index (χ3n) is 2.60. The van der Waals surface area contributed by atoms with E-state index in [0.717, 1.165) is 11.4 Å². The smallest absolute Gasteiger partial charge is 0.238 e. The highest BCUT2D eigenvalue weighted by molar-refractivity contribution is 5.92. The Balaban J connectivity index is 1.83. The first kappa shape index (κ1) is 14.2. The highest BCUT2D eigenvalue weighted by Gasteiger charge is 2.02. The number of ether oxygens (including phenoxy) is 1. The zero-order chi connectivity index (χ0) is 14.2.